The molecule has 39 heavy (non-hydrogen) atoms. The zero-order valence-corrected chi connectivity index (χ0v) is 22.0. The second-order valence-corrected chi connectivity index (χ2v) is 10.1. The molecule has 4 atom stereocenters. The average Bonchev–Trinajstić information content (AvgIpc) is 2.88. The normalized spacial score (nSPS) is 23.0. The molecular weight excluding hydrogens is 513 g/mol. The molecule has 1 fully saturated rings. The van der Waals surface area contributed by atoms with Crippen LogP contribution >= 0.6 is 0 Å². The minimum atomic E-state index is -1.22. The third kappa shape index (κ3) is 6.13. The number of carbonyl (C=O) groups excluding carboxylic acids is 1. The van der Waals surface area contributed by atoms with E-state index in [4.69, 9.17) is 9.47 Å². The van der Waals surface area contributed by atoms with Gasteiger partial charge in [0.2, 0.25) is 0 Å². The van der Waals surface area contributed by atoms with Crippen LogP contribution in [-0.2, 0) is 11.2 Å². The molecule has 0 spiro atoms. The van der Waals surface area contributed by atoms with Crippen LogP contribution in [0.1, 0.15) is 54.2 Å². The number of rotatable bonds is 9. The highest BCUT2D eigenvalue weighted by Gasteiger charge is 2.43. The minimum Gasteiger partial charge on any atom is -0.491 e. The van der Waals surface area contributed by atoms with Crippen molar-refractivity contribution in [2.24, 2.45) is 5.92 Å². The summed E-state index contributed by atoms with van der Waals surface area (Å²) < 4.78 is 54.5. The Hall–Kier alpha value is -3.34. The molecule has 0 aliphatic heterocycles. The lowest BCUT2D eigenvalue weighted by Gasteiger charge is -2.43. The van der Waals surface area contributed by atoms with Crippen molar-refractivity contribution in [1.82, 2.24) is 9.97 Å². The number of hydrogen-bond donors (Lipinski definition) is 2. The molecule has 0 radical (unpaired) electrons. The fraction of sp³-hybridized carbons (Fsp3) is 0.414. The van der Waals surface area contributed by atoms with Crippen molar-refractivity contribution in [3.63, 3.8) is 0 Å². The van der Waals surface area contributed by atoms with E-state index >= 15 is 0 Å². The monoisotopic (exact) mass is 544 g/mol. The second kappa shape index (κ2) is 11.8. The Morgan fingerprint density at radius 3 is 2.49 bits per heavy atom. The Labute approximate surface area is 224 Å². The van der Waals surface area contributed by atoms with Crippen molar-refractivity contribution in [2.45, 2.75) is 50.7 Å². The van der Waals surface area contributed by atoms with E-state index in [2.05, 4.69) is 9.97 Å². The smallest absolute Gasteiger partial charge is 0.185 e. The number of aliphatic hydroxyl groups is 2. The lowest BCUT2D eigenvalue weighted by atomic mass is 9.68. The van der Waals surface area contributed by atoms with E-state index in [1.807, 2.05) is 6.92 Å². The second-order valence-electron chi connectivity index (χ2n) is 10.1. The van der Waals surface area contributed by atoms with E-state index in [9.17, 15) is 28.2 Å². The van der Waals surface area contributed by atoms with Gasteiger partial charge in [-0.15, -0.1) is 0 Å². The third-order valence-corrected chi connectivity index (χ3v) is 7.49. The Balaban J connectivity index is 1.59. The van der Waals surface area contributed by atoms with E-state index in [1.165, 1.54) is 13.2 Å². The van der Waals surface area contributed by atoms with Crippen LogP contribution in [0.3, 0.4) is 0 Å². The molecule has 1 aromatic carbocycles. The van der Waals surface area contributed by atoms with Gasteiger partial charge in [0.25, 0.3) is 0 Å². The van der Waals surface area contributed by atoms with Gasteiger partial charge in [-0.2, -0.15) is 0 Å². The molecule has 2 N–H and O–H groups in total. The molecule has 1 saturated carbocycles. The number of Topliss-reactive ketones (excluding diaryl/α,β-unsaturated/α-hetero) is 1. The van der Waals surface area contributed by atoms with Crippen LogP contribution in [0.25, 0.3) is 11.3 Å². The van der Waals surface area contributed by atoms with Crippen molar-refractivity contribution in [3.05, 3.63) is 77.0 Å². The number of ketones is 1. The average molecular weight is 545 g/mol. The standard InChI is InChI=1S/C29H31F3N2O5/c1-16-10-17(12-26(36)29(16,2)37)20-6-7-33-15-18(20)11-25(35)24-5-4-21(30)28(34-24)27-22(31)13-19(14-23(27)32)39-9-8-38-3/h4-7,13-17,26,36-37H,8-12H2,1-3H3/t16-,17+,26+,29+/m0/s1. The number of benzene rings is 1. The predicted molar refractivity (Wildman–Crippen MR) is 137 cm³/mol. The van der Waals surface area contributed by atoms with Gasteiger partial charge in [0.15, 0.2) is 5.78 Å². The lowest BCUT2D eigenvalue weighted by Crippen LogP contribution is -2.49. The Morgan fingerprint density at radius 1 is 1.10 bits per heavy atom. The third-order valence-electron chi connectivity index (χ3n) is 7.49. The maximum Gasteiger partial charge on any atom is 0.185 e. The molecule has 7 nitrogen and oxygen atoms in total. The highest BCUT2D eigenvalue weighted by molar-refractivity contribution is 5.96. The van der Waals surface area contributed by atoms with Crippen LogP contribution in [0.2, 0.25) is 0 Å². The van der Waals surface area contributed by atoms with Crippen molar-refractivity contribution >= 4 is 5.78 Å². The fourth-order valence-corrected chi connectivity index (χ4v) is 4.97. The van der Waals surface area contributed by atoms with Crippen molar-refractivity contribution < 1.29 is 37.7 Å². The number of halogens is 3. The van der Waals surface area contributed by atoms with Gasteiger partial charge in [0.05, 0.1) is 23.9 Å². The molecule has 1 aliphatic carbocycles. The van der Waals surface area contributed by atoms with Gasteiger partial charge in [-0.3, -0.25) is 9.78 Å². The van der Waals surface area contributed by atoms with Crippen LogP contribution in [0.4, 0.5) is 13.2 Å². The Morgan fingerprint density at radius 2 is 1.82 bits per heavy atom. The molecule has 208 valence electrons. The molecule has 4 rings (SSSR count). The number of methoxy groups -OCH3 is 1. The number of aliphatic hydroxyl groups excluding tert-OH is 1. The molecule has 0 bridgehead atoms. The first kappa shape index (κ1) is 28.7. The van der Waals surface area contributed by atoms with E-state index in [-0.39, 0.29) is 42.9 Å². The predicted octanol–water partition coefficient (Wildman–Crippen LogP) is 4.64. The van der Waals surface area contributed by atoms with E-state index < -0.39 is 46.2 Å². The summed E-state index contributed by atoms with van der Waals surface area (Å²) >= 11 is 0. The van der Waals surface area contributed by atoms with Gasteiger partial charge in [-0.25, -0.2) is 18.2 Å². The molecule has 0 unspecified atom stereocenters. The zero-order chi connectivity index (χ0) is 28.3. The Bertz CT molecular complexity index is 1310. The molecule has 3 aromatic rings. The number of aromatic nitrogens is 2. The number of carbonyl (C=O) groups is 1. The Kier molecular flexibility index (Phi) is 8.68. The van der Waals surface area contributed by atoms with Gasteiger partial charge in [-0.1, -0.05) is 6.92 Å². The van der Waals surface area contributed by atoms with Crippen LogP contribution < -0.4 is 4.74 Å². The maximum atomic E-state index is 14.9. The summed E-state index contributed by atoms with van der Waals surface area (Å²) in [6, 6.07) is 5.73. The number of ether oxygens (including phenoxy) is 2. The summed E-state index contributed by atoms with van der Waals surface area (Å²) in [7, 11) is 1.46. The van der Waals surface area contributed by atoms with Gasteiger partial charge in [0, 0.05) is 38.1 Å². The van der Waals surface area contributed by atoms with Crippen LogP contribution in [0.15, 0.2) is 42.7 Å². The van der Waals surface area contributed by atoms with Gasteiger partial charge in [0.1, 0.15) is 41.2 Å². The summed E-state index contributed by atoms with van der Waals surface area (Å²) in [5.74, 6) is -4.07. The largest absolute Gasteiger partial charge is 0.491 e. The minimum absolute atomic E-state index is 0.0691. The number of hydrogen-bond acceptors (Lipinski definition) is 7. The fourth-order valence-electron chi connectivity index (χ4n) is 4.97. The molecule has 0 saturated heterocycles. The molecule has 0 amide bonds. The van der Waals surface area contributed by atoms with E-state index in [1.54, 1.807) is 25.4 Å². The van der Waals surface area contributed by atoms with Crippen LogP contribution in [0.5, 0.6) is 5.75 Å². The van der Waals surface area contributed by atoms with Crippen molar-refractivity contribution in [3.8, 4) is 17.0 Å². The summed E-state index contributed by atoms with van der Waals surface area (Å²) in [5, 5.41) is 21.1. The zero-order valence-electron chi connectivity index (χ0n) is 22.0. The highest BCUT2D eigenvalue weighted by Crippen LogP contribution is 2.42. The number of nitrogens with zero attached hydrogens (tertiary/aromatic N) is 2. The quantitative estimate of drug-likeness (QED) is 0.299. The van der Waals surface area contributed by atoms with E-state index in [0.29, 0.717) is 18.4 Å². The SMILES string of the molecule is COCCOc1cc(F)c(-c2nc(C(=O)Cc3cnccc3[C@H]3C[C@@H](O)[C@](C)(O)[C@@H](C)C3)ccc2F)c(F)c1. The van der Waals surface area contributed by atoms with Gasteiger partial charge in [-0.05, 0) is 60.9 Å². The van der Waals surface area contributed by atoms with Crippen LogP contribution in [0, 0.1) is 23.4 Å². The van der Waals surface area contributed by atoms with Crippen LogP contribution in [-0.4, -0.2) is 58.0 Å². The van der Waals surface area contributed by atoms with E-state index in [0.717, 1.165) is 23.8 Å². The first-order valence-corrected chi connectivity index (χ1v) is 12.7. The summed E-state index contributed by atoms with van der Waals surface area (Å²) in [5.41, 5.74) is -1.32. The van der Waals surface area contributed by atoms with Gasteiger partial charge >= 0.3 is 0 Å². The highest BCUT2D eigenvalue weighted by atomic mass is 19.1. The summed E-state index contributed by atoms with van der Waals surface area (Å²) in [4.78, 5) is 21.3. The molecule has 2 aromatic heterocycles. The summed E-state index contributed by atoms with van der Waals surface area (Å²) in [6.45, 7) is 3.76. The first-order valence-electron chi connectivity index (χ1n) is 12.7. The van der Waals surface area contributed by atoms with Gasteiger partial charge < -0.3 is 19.7 Å². The van der Waals surface area contributed by atoms with Crippen molar-refractivity contribution in [1.29, 1.82) is 0 Å². The first-order chi connectivity index (χ1) is 18.5. The number of pyridine rings is 2. The molecule has 10 heteroatoms. The van der Waals surface area contributed by atoms with Crippen molar-refractivity contribution in [2.75, 3.05) is 20.3 Å². The topological polar surface area (TPSA) is 102 Å². The molecule has 1 aliphatic rings. The molecular formula is C29H31F3N2O5. The maximum absolute atomic E-state index is 14.9. The molecule has 2 heterocycles. The summed E-state index contributed by atoms with van der Waals surface area (Å²) in [6.07, 6.45) is 2.96. The lowest BCUT2D eigenvalue weighted by molar-refractivity contribution is -0.123.